The van der Waals surface area contributed by atoms with Gasteiger partial charge in [0, 0.05) is 13.5 Å². The van der Waals surface area contributed by atoms with Gasteiger partial charge in [-0.15, -0.1) is 0 Å². The van der Waals surface area contributed by atoms with Gasteiger partial charge in [0.25, 0.3) is 0 Å². The first-order valence-electron chi connectivity index (χ1n) is 4.45. The Kier molecular flexibility index (Phi) is 1.12. The van der Waals surface area contributed by atoms with Crippen molar-refractivity contribution in [1.29, 1.82) is 0 Å². The van der Waals surface area contributed by atoms with E-state index in [1.807, 2.05) is 0 Å². The summed E-state index contributed by atoms with van der Waals surface area (Å²) in [7, 11) is 1.66. The van der Waals surface area contributed by atoms with Crippen molar-refractivity contribution in [2.24, 2.45) is 11.3 Å². The van der Waals surface area contributed by atoms with Crippen LogP contribution >= 0.6 is 0 Å². The summed E-state index contributed by atoms with van der Waals surface area (Å²) < 4.78 is 10.6. The van der Waals surface area contributed by atoms with E-state index in [2.05, 4.69) is 0 Å². The van der Waals surface area contributed by atoms with Crippen LogP contribution in [0.15, 0.2) is 0 Å². The van der Waals surface area contributed by atoms with Gasteiger partial charge in [-0.1, -0.05) is 0 Å². The van der Waals surface area contributed by atoms with Crippen LogP contribution in [0.5, 0.6) is 0 Å². The summed E-state index contributed by atoms with van der Waals surface area (Å²) in [6.07, 6.45) is 2.35. The number of Topliss-reactive ketones (excluding diaryl/α,β-unsaturated/α-hetero) is 1. The third-order valence-electron chi connectivity index (χ3n) is 3.57. The molecule has 3 rings (SSSR count). The number of hydrogen-bond acceptors (Lipinski definition) is 3. The van der Waals surface area contributed by atoms with E-state index in [9.17, 15) is 4.79 Å². The minimum absolute atomic E-state index is 0.212. The summed E-state index contributed by atoms with van der Waals surface area (Å²) in [5.74, 6) is 0.880. The number of carbonyl (C=O) groups is 1. The van der Waals surface area contributed by atoms with Crippen LogP contribution in [0.25, 0.3) is 0 Å². The normalized spacial score (nSPS) is 54.4. The average molecular weight is 168 g/mol. The van der Waals surface area contributed by atoms with Gasteiger partial charge in [0.2, 0.25) is 0 Å². The number of carbonyl (C=O) groups excluding carboxylic acids is 1. The minimum Gasteiger partial charge on any atom is -0.384 e. The molecule has 2 bridgehead atoms. The van der Waals surface area contributed by atoms with E-state index in [1.54, 1.807) is 7.11 Å². The molecule has 3 fully saturated rings. The Bertz CT molecular complexity index is 250. The summed E-state index contributed by atoms with van der Waals surface area (Å²) in [6, 6.07) is 0. The van der Waals surface area contributed by atoms with Crippen LogP contribution in [-0.4, -0.2) is 31.7 Å². The molecule has 1 unspecified atom stereocenters. The lowest BCUT2D eigenvalue weighted by atomic mass is 9.83. The largest absolute Gasteiger partial charge is 0.384 e. The van der Waals surface area contributed by atoms with Crippen LogP contribution in [0.3, 0.4) is 0 Å². The monoisotopic (exact) mass is 168 g/mol. The summed E-state index contributed by atoms with van der Waals surface area (Å²) in [5.41, 5.74) is -0.232. The highest BCUT2D eigenvalue weighted by molar-refractivity contribution is 5.90. The molecule has 0 radical (unpaired) electrons. The number of ether oxygens (including phenoxy) is 2. The van der Waals surface area contributed by atoms with Crippen molar-refractivity contribution in [2.45, 2.75) is 25.0 Å². The molecule has 4 atom stereocenters. The van der Waals surface area contributed by atoms with E-state index in [0.717, 1.165) is 12.8 Å². The second kappa shape index (κ2) is 1.91. The smallest absolute Gasteiger partial charge is 0.144 e. The maximum Gasteiger partial charge on any atom is 0.144 e. The molecule has 0 N–H and O–H groups in total. The molecule has 66 valence electrons. The Morgan fingerprint density at radius 1 is 1.75 bits per heavy atom. The van der Waals surface area contributed by atoms with Crippen molar-refractivity contribution in [3.05, 3.63) is 0 Å². The van der Waals surface area contributed by atoms with Crippen LogP contribution < -0.4 is 0 Å². The first kappa shape index (κ1) is 7.04. The first-order chi connectivity index (χ1) is 5.78. The topological polar surface area (TPSA) is 38.8 Å². The Labute approximate surface area is 71.0 Å². The van der Waals surface area contributed by atoms with Crippen molar-refractivity contribution in [1.82, 2.24) is 0 Å². The van der Waals surface area contributed by atoms with E-state index < -0.39 is 0 Å². The van der Waals surface area contributed by atoms with Gasteiger partial charge in [-0.05, 0) is 12.3 Å². The first-order valence-corrected chi connectivity index (χ1v) is 4.45. The number of rotatable bonds is 2. The molecule has 0 spiro atoms. The second-order valence-corrected chi connectivity index (χ2v) is 4.20. The molecule has 2 aliphatic carbocycles. The van der Waals surface area contributed by atoms with Gasteiger partial charge in [0.05, 0.1) is 24.2 Å². The van der Waals surface area contributed by atoms with Gasteiger partial charge in [-0.2, -0.15) is 0 Å². The van der Waals surface area contributed by atoms with E-state index >= 15 is 0 Å². The number of methoxy groups -OCH3 is 1. The van der Waals surface area contributed by atoms with E-state index in [-0.39, 0.29) is 11.5 Å². The van der Waals surface area contributed by atoms with Crippen molar-refractivity contribution >= 4 is 5.78 Å². The highest BCUT2D eigenvalue weighted by atomic mass is 16.6. The quantitative estimate of drug-likeness (QED) is 0.559. The zero-order valence-electron chi connectivity index (χ0n) is 7.08. The van der Waals surface area contributed by atoms with Gasteiger partial charge < -0.3 is 9.47 Å². The van der Waals surface area contributed by atoms with Gasteiger partial charge in [-0.3, -0.25) is 4.79 Å². The lowest BCUT2D eigenvalue weighted by Crippen LogP contribution is -2.36. The maximum atomic E-state index is 11.6. The third-order valence-corrected chi connectivity index (χ3v) is 3.57. The molecule has 1 heterocycles. The Balaban J connectivity index is 1.95. The molecular formula is C9H12O3. The highest BCUT2D eigenvalue weighted by Gasteiger charge is 2.72. The Morgan fingerprint density at radius 2 is 2.58 bits per heavy atom. The molecule has 3 nitrogen and oxygen atoms in total. The molecule has 1 aliphatic heterocycles. The summed E-state index contributed by atoms with van der Waals surface area (Å²) >= 11 is 0. The molecule has 3 heteroatoms. The predicted octanol–water partition coefficient (Wildman–Crippen LogP) is 0.379. The molecule has 0 aromatic rings. The summed E-state index contributed by atoms with van der Waals surface area (Å²) in [6.45, 7) is 0.559. The predicted molar refractivity (Wildman–Crippen MR) is 40.7 cm³/mol. The van der Waals surface area contributed by atoms with Crippen molar-refractivity contribution in [3.63, 3.8) is 0 Å². The lowest BCUT2D eigenvalue weighted by molar-refractivity contribution is -0.129. The molecule has 2 saturated carbocycles. The fraction of sp³-hybridized carbons (Fsp3) is 0.889. The van der Waals surface area contributed by atoms with Crippen LogP contribution in [0.2, 0.25) is 0 Å². The maximum absolute atomic E-state index is 11.6. The van der Waals surface area contributed by atoms with E-state index in [1.165, 1.54) is 0 Å². The lowest BCUT2D eigenvalue weighted by Gasteiger charge is -2.22. The van der Waals surface area contributed by atoms with Crippen LogP contribution in [0.4, 0.5) is 0 Å². The number of epoxide rings is 1. The Hall–Kier alpha value is -0.410. The standard InChI is InChI=1S/C9H12O3/c1-11-4-9-3-5(2-6(9)10)7-8(9)12-7/h5,7-8H,2-4H2,1H3/t5-,7+,8+,9?/m1/s1. The molecule has 1 saturated heterocycles. The third kappa shape index (κ3) is 0.591. The molecule has 3 aliphatic rings. The van der Waals surface area contributed by atoms with E-state index in [0.29, 0.717) is 24.4 Å². The van der Waals surface area contributed by atoms with Crippen molar-refractivity contribution < 1.29 is 14.3 Å². The summed E-state index contributed by atoms with van der Waals surface area (Å²) in [4.78, 5) is 11.6. The zero-order valence-corrected chi connectivity index (χ0v) is 7.08. The van der Waals surface area contributed by atoms with Gasteiger partial charge in [0.1, 0.15) is 5.78 Å². The molecule has 0 amide bonds. The van der Waals surface area contributed by atoms with Crippen LogP contribution in [-0.2, 0) is 14.3 Å². The van der Waals surface area contributed by atoms with Crippen molar-refractivity contribution in [2.75, 3.05) is 13.7 Å². The summed E-state index contributed by atoms with van der Waals surface area (Å²) in [5, 5.41) is 0. The molecular weight excluding hydrogens is 156 g/mol. The minimum atomic E-state index is -0.232. The van der Waals surface area contributed by atoms with Crippen LogP contribution in [0.1, 0.15) is 12.8 Å². The average Bonchev–Trinajstić information content (AvgIpc) is 2.70. The van der Waals surface area contributed by atoms with Gasteiger partial charge >= 0.3 is 0 Å². The molecule has 0 aromatic carbocycles. The van der Waals surface area contributed by atoms with Crippen LogP contribution in [0, 0.1) is 11.3 Å². The number of fused-ring (bicyclic) bond motifs is 5. The van der Waals surface area contributed by atoms with Gasteiger partial charge in [0.15, 0.2) is 0 Å². The van der Waals surface area contributed by atoms with Crippen molar-refractivity contribution in [3.8, 4) is 0 Å². The fourth-order valence-corrected chi connectivity index (χ4v) is 3.01. The fourth-order valence-electron chi connectivity index (χ4n) is 3.01. The Morgan fingerprint density at radius 3 is 3.25 bits per heavy atom. The highest BCUT2D eigenvalue weighted by Crippen LogP contribution is 2.62. The zero-order chi connectivity index (χ0) is 8.34. The second-order valence-electron chi connectivity index (χ2n) is 4.20. The number of ketones is 1. The van der Waals surface area contributed by atoms with E-state index in [4.69, 9.17) is 9.47 Å². The number of hydrogen-bond donors (Lipinski definition) is 0. The van der Waals surface area contributed by atoms with Gasteiger partial charge in [-0.25, -0.2) is 0 Å². The SMILES string of the molecule is COCC12C[C@@H](CC1=O)[C@@H]1O[C@@H]12. The molecule has 0 aromatic heterocycles. The molecule has 12 heavy (non-hydrogen) atoms.